The highest BCUT2D eigenvalue weighted by Gasteiger charge is 2.24. The van der Waals surface area contributed by atoms with E-state index >= 15 is 0 Å². The highest BCUT2D eigenvalue weighted by atomic mass is 35.5. The number of nitrogens with zero attached hydrogens (tertiary/aromatic N) is 1. The van der Waals surface area contributed by atoms with Gasteiger partial charge in [0.1, 0.15) is 0 Å². The maximum atomic E-state index is 11.8. The molecule has 0 unspecified atom stereocenters. The quantitative estimate of drug-likeness (QED) is 0.901. The van der Waals surface area contributed by atoms with Crippen LogP contribution in [-0.4, -0.2) is 34.7 Å². The molecule has 0 aliphatic heterocycles. The second-order valence-electron chi connectivity index (χ2n) is 4.20. The van der Waals surface area contributed by atoms with Gasteiger partial charge in [-0.25, -0.2) is 4.79 Å². The number of halogens is 1. The summed E-state index contributed by atoms with van der Waals surface area (Å²) in [6.45, 7) is 0.140. The van der Waals surface area contributed by atoms with Crippen LogP contribution in [-0.2, 0) is 6.54 Å². The molecule has 1 aromatic carbocycles. The Bertz CT molecular complexity index is 621. The topological polar surface area (TPSA) is 74.7 Å². The van der Waals surface area contributed by atoms with Gasteiger partial charge in [-0.3, -0.25) is 9.59 Å². The molecular weight excluding hydrogens is 270 g/mol. The molecule has 1 N–H and O–H groups in total. The van der Waals surface area contributed by atoms with Crippen LogP contribution >= 0.6 is 11.6 Å². The fourth-order valence-electron chi connectivity index (χ4n) is 1.82. The summed E-state index contributed by atoms with van der Waals surface area (Å²) in [5.41, 5.74) is 1.14. The smallest absolute Gasteiger partial charge is 0.407 e. The largest absolute Gasteiger partial charge is 0.465 e. The first kappa shape index (κ1) is 13.3. The van der Waals surface area contributed by atoms with Crippen molar-refractivity contribution in [2.45, 2.75) is 6.54 Å². The van der Waals surface area contributed by atoms with Crippen LogP contribution in [0.4, 0.5) is 4.79 Å². The number of hydrogen-bond donors (Lipinski definition) is 1. The maximum Gasteiger partial charge on any atom is 0.407 e. The lowest BCUT2D eigenvalue weighted by Crippen LogP contribution is -2.24. The lowest BCUT2D eigenvalue weighted by molar-refractivity contribution is 0.0990. The molecule has 0 aromatic heterocycles. The summed E-state index contributed by atoms with van der Waals surface area (Å²) >= 11 is 5.66. The summed E-state index contributed by atoms with van der Waals surface area (Å²) in [6.07, 6.45) is 0.0137. The van der Waals surface area contributed by atoms with Crippen LogP contribution in [0.1, 0.15) is 26.3 Å². The highest BCUT2D eigenvalue weighted by molar-refractivity contribution is 6.49. The molecule has 6 heteroatoms. The van der Waals surface area contributed by atoms with Gasteiger partial charge in [-0.2, -0.15) is 0 Å². The van der Waals surface area contributed by atoms with Crippen molar-refractivity contribution in [2.75, 3.05) is 7.05 Å². The van der Waals surface area contributed by atoms with Gasteiger partial charge in [0.2, 0.25) is 5.78 Å². The van der Waals surface area contributed by atoms with E-state index in [0.29, 0.717) is 5.56 Å². The van der Waals surface area contributed by atoms with Gasteiger partial charge in [-0.1, -0.05) is 17.7 Å². The van der Waals surface area contributed by atoms with Crippen LogP contribution in [0.3, 0.4) is 0 Å². The molecule has 0 spiro atoms. The van der Waals surface area contributed by atoms with Gasteiger partial charge in [0.25, 0.3) is 0 Å². The molecule has 5 nitrogen and oxygen atoms in total. The molecule has 1 aliphatic carbocycles. The number of carboxylic acid groups (broad SMARTS) is 1. The van der Waals surface area contributed by atoms with Crippen LogP contribution < -0.4 is 0 Å². The van der Waals surface area contributed by atoms with Crippen molar-refractivity contribution in [3.05, 3.63) is 46.0 Å². The zero-order valence-corrected chi connectivity index (χ0v) is 10.8. The molecule has 2 rings (SSSR count). The van der Waals surface area contributed by atoms with Crippen LogP contribution in [0.25, 0.3) is 0 Å². The first-order valence-electron chi connectivity index (χ1n) is 5.43. The van der Waals surface area contributed by atoms with Crippen LogP contribution in [0.2, 0.25) is 0 Å². The van der Waals surface area contributed by atoms with Crippen molar-refractivity contribution >= 4 is 29.3 Å². The molecule has 1 aliphatic rings. The Balaban J connectivity index is 2.37. The summed E-state index contributed by atoms with van der Waals surface area (Å²) in [7, 11) is 1.42. The van der Waals surface area contributed by atoms with Crippen molar-refractivity contribution in [3.63, 3.8) is 0 Å². The molecule has 0 fully saturated rings. The molecule has 19 heavy (non-hydrogen) atoms. The van der Waals surface area contributed by atoms with Crippen molar-refractivity contribution in [3.8, 4) is 0 Å². The lowest BCUT2D eigenvalue weighted by Gasteiger charge is -2.16. The number of ketones is 2. The monoisotopic (exact) mass is 279 g/mol. The first-order chi connectivity index (χ1) is 8.90. The van der Waals surface area contributed by atoms with Gasteiger partial charge in [-0.15, -0.1) is 0 Å². The van der Waals surface area contributed by atoms with Gasteiger partial charge in [-0.05, 0) is 17.7 Å². The Kier molecular flexibility index (Phi) is 3.40. The standard InChI is InChI=1S/C13H10ClNO4/c1-15(13(18)19)6-7-2-3-8-9(4-7)11(16)5-10(14)12(8)17/h2-5H,6H2,1H3,(H,18,19). The molecule has 1 amide bonds. The van der Waals surface area contributed by atoms with Gasteiger partial charge in [0.05, 0.1) is 5.03 Å². The zero-order valence-electron chi connectivity index (χ0n) is 10.0. The third kappa shape index (κ3) is 2.51. The lowest BCUT2D eigenvalue weighted by atomic mass is 9.93. The third-order valence-corrected chi connectivity index (χ3v) is 3.10. The second-order valence-corrected chi connectivity index (χ2v) is 4.61. The van der Waals surface area contributed by atoms with E-state index in [4.69, 9.17) is 16.7 Å². The average Bonchev–Trinajstić information content (AvgIpc) is 2.36. The van der Waals surface area contributed by atoms with E-state index < -0.39 is 11.9 Å². The first-order valence-corrected chi connectivity index (χ1v) is 5.81. The number of carbonyl (C=O) groups excluding carboxylic acids is 2. The van der Waals surface area contributed by atoms with Crippen molar-refractivity contribution in [1.29, 1.82) is 0 Å². The molecule has 0 saturated heterocycles. The number of carbonyl (C=O) groups is 3. The molecule has 0 bridgehead atoms. The zero-order chi connectivity index (χ0) is 14.2. The van der Waals surface area contributed by atoms with E-state index in [1.165, 1.54) is 19.2 Å². The van der Waals surface area contributed by atoms with Gasteiger partial charge < -0.3 is 10.0 Å². The Labute approximate surface area is 114 Å². The molecule has 1 aromatic rings. The third-order valence-electron chi connectivity index (χ3n) is 2.82. The fourth-order valence-corrected chi connectivity index (χ4v) is 2.02. The van der Waals surface area contributed by atoms with Crippen LogP contribution in [0.5, 0.6) is 0 Å². The fraction of sp³-hybridized carbons (Fsp3) is 0.154. The van der Waals surface area contributed by atoms with E-state index in [-0.39, 0.29) is 28.5 Å². The summed E-state index contributed by atoms with van der Waals surface area (Å²) in [4.78, 5) is 35.3. The molecule has 0 atom stereocenters. The molecule has 0 heterocycles. The number of allylic oxidation sites excluding steroid dienone is 2. The Morgan fingerprint density at radius 3 is 2.63 bits per heavy atom. The molecule has 98 valence electrons. The highest BCUT2D eigenvalue weighted by Crippen LogP contribution is 2.24. The minimum Gasteiger partial charge on any atom is -0.465 e. The van der Waals surface area contributed by atoms with Gasteiger partial charge in [0.15, 0.2) is 5.78 Å². The summed E-state index contributed by atoms with van der Waals surface area (Å²) in [5.74, 6) is -0.742. The summed E-state index contributed by atoms with van der Waals surface area (Å²) in [5, 5.41) is 8.68. The number of hydrogen-bond acceptors (Lipinski definition) is 3. The predicted octanol–water partition coefficient (Wildman–Crippen LogP) is 2.30. The predicted molar refractivity (Wildman–Crippen MR) is 68.5 cm³/mol. The van der Waals surface area contributed by atoms with E-state index in [2.05, 4.69) is 0 Å². The van der Waals surface area contributed by atoms with E-state index in [0.717, 1.165) is 11.0 Å². The van der Waals surface area contributed by atoms with Crippen LogP contribution in [0, 0.1) is 0 Å². The molecular formula is C13H10ClNO4. The van der Waals surface area contributed by atoms with Gasteiger partial charge in [0, 0.05) is 30.8 Å². The number of rotatable bonds is 2. The Morgan fingerprint density at radius 1 is 1.32 bits per heavy atom. The van der Waals surface area contributed by atoms with Crippen molar-refractivity contribution in [2.24, 2.45) is 0 Å². The summed E-state index contributed by atoms with van der Waals surface area (Å²) < 4.78 is 0. The normalized spacial score (nSPS) is 13.9. The summed E-state index contributed by atoms with van der Waals surface area (Å²) in [6, 6.07) is 4.63. The van der Waals surface area contributed by atoms with Crippen molar-refractivity contribution in [1.82, 2.24) is 4.90 Å². The number of amides is 1. The molecule has 0 radical (unpaired) electrons. The number of fused-ring (bicyclic) bond motifs is 1. The maximum absolute atomic E-state index is 11.8. The number of benzene rings is 1. The van der Waals surface area contributed by atoms with Crippen LogP contribution in [0.15, 0.2) is 29.3 Å². The minimum atomic E-state index is -1.07. The van der Waals surface area contributed by atoms with E-state index in [1.807, 2.05) is 0 Å². The van der Waals surface area contributed by atoms with E-state index in [9.17, 15) is 14.4 Å². The Hall–Kier alpha value is -2.14. The molecule has 0 saturated carbocycles. The average molecular weight is 280 g/mol. The second kappa shape index (κ2) is 4.85. The van der Waals surface area contributed by atoms with Crippen molar-refractivity contribution < 1.29 is 19.5 Å². The number of Topliss-reactive ketones (excluding diaryl/α,β-unsaturated/α-hetero) is 1. The Morgan fingerprint density at radius 2 is 2.00 bits per heavy atom. The SMILES string of the molecule is CN(Cc1ccc2c(c1)C(=O)C=C(Cl)C2=O)C(=O)O. The van der Waals surface area contributed by atoms with E-state index in [1.54, 1.807) is 6.07 Å². The minimum absolute atomic E-state index is 0.104. The van der Waals surface area contributed by atoms with Gasteiger partial charge >= 0.3 is 6.09 Å².